The topological polar surface area (TPSA) is 67.9 Å². The van der Waals surface area contributed by atoms with E-state index in [1.807, 2.05) is 0 Å². The number of nitrogens with one attached hydrogen (secondary N) is 1. The smallest absolute Gasteiger partial charge is 0.284 e. The van der Waals surface area contributed by atoms with Crippen LogP contribution in [0.5, 0.6) is 5.75 Å². The second-order valence-electron chi connectivity index (χ2n) is 5.06. The summed E-state index contributed by atoms with van der Waals surface area (Å²) in [7, 11) is 0. The molecule has 1 fully saturated rings. The van der Waals surface area contributed by atoms with Gasteiger partial charge in [-0.1, -0.05) is 11.6 Å². The van der Waals surface area contributed by atoms with E-state index < -0.39 is 12.0 Å². The van der Waals surface area contributed by atoms with Gasteiger partial charge in [0.15, 0.2) is 12.7 Å². The zero-order chi connectivity index (χ0) is 15.9. The monoisotopic (exact) mass is 326 g/mol. The third kappa shape index (κ3) is 4.89. The molecule has 7 heteroatoms. The van der Waals surface area contributed by atoms with Crippen molar-refractivity contribution in [1.29, 1.82) is 0 Å². The maximum absolute atomic E-state index is 11.8. The molecule has 0 aromatic heterocycles. The molecule has 1 aliphatic rings. The first-order chi connectivity index (χ1) is 10.6. The SMILES string of the molecule is CC(Oc1ccc(Cl)cc1)C(=O)NOCC(=O)N1CCCC1. The van der Waals surface area contributed by atoms with E-state index in [0.717, 1.165) is 25.9 Å². The molecule has 1 atom stereocenters. The summed E-state index contributed by atoms with van der Waals surface area (Å²) in [5.74, 6) is -0.0477. The lowest BCUT2D eigenvalue weighted by molar-refractivity contribution is -0.147. The third-order valence-electron chi connectivity index (χ3n) is 3.32. The van der Waals surface area contributed by atoms with E-state index in [1.54, 1.807) is 36.1 Å². The van der Waals surface area contributed by atoms with Crippen molar-refractivity contribution in [3.8, 4) is 5.75 Å². The standard InChI is InChI=1S/C15H19ClN2O4/c1-11(22-13-6-4-12(16)5-7-13)15(20)17-21-10-14(19)18-8-2-3-9-18/h4-7,11H,2-3,8-10H2,1H3,(H,17,20). The largest absolute Gasteiger partial charge is 0.481 e. The van der Waals surface area contributed by atoms with E-state index in [2.05, 4.69) is 5.48 Å². The van der Waals surface area contributed by atoms with Crippen molar-refractivity contribution < 1.29 is 19.2 Å². The van der Waals surface area contributed by atoms with Gasteiger partial charge in [-0.3, -0.25) is 14.4 Å². The molecular formula is C15H19ClN2O4. The minimum Gasteiger partial charge on any atom is -0.481 e. The molecule has 6 nitrogen and oxygen atoms in total. The average Bonchev–Trinajstić information content (AvgIpc) is 3.03. The van der Waals surface area contributed by atoms with Crippen molar-refractivity contribution in [2.75, 3.05) is 19.7 Å². The van der Waals surface area contributed by atoms with Gasteiger partial charge in [-0.05, 0) is 44.0 Å². The number of carbonyl (C=O) groups excluding carboxylic acids is 2. The number of hydrogen-bond donors (Lipinski definition) is 1. The molecule has 1 unspecified atom stereocenters. The Hall–Kier alpha value is -1.79. The highest BCUT2D eigenvalue weighted by atomic mass is 35.5. The Labute approximate surface area is 134 Å². The summed E-state index contributed by atoms with van der Waals surface area (Å²) in [6.45, 7) is 2.94. The maximum Gasteiger partial charge on any atom is 0.284 e. The molecule has 0 bridgehead atoms. The fourth-order valence-corrected chi connectivity index (χ4v) is 2.21. The van der Waals surface area contributed by atoms with Crippen LogP contribution in [0.1, 0.15) is 19.8 Å². The predicted octanol–water partition coefficient (Wildman–Crippen LogP) is 1.78. The van der Waals surface area contributed by atoms with Crippen LogP contribution in [-0.4, -0.2) is 42.5 Å². The van der Waals surface area contributed by atoms with Gasteiger partial charge in [0.2, 0.25) is 0 Å². The second-order valence-corrected chi connectivity index (χ2v) is 5.49. The number of halogens is 1. The molecule has 0 spiro atoms. The van der Waals surface area contributed by atoms with Crippen LogP contribution >= 0.6 is 11.6 Å². The Balaban J connectivity index is 1.69. The Bertz CT molecular complexity index is 515. The molecule has 1 N–H and O–H groups in total. The van der Waals surface area contributed by atoms with Gasteiger partial charge < -0.3 is 9.64 Å². The molecule has 1 heterocycles. The number of rotatable bonds is 6. The van der Waals surface area contributed by atoms with Gasteiger partial charge in [0.1, 0.15) is 5.75 Å². The number of benzene rings is 1. The number of ether oxygens (including phenoxy) is 1. The number of hydrogen-bond acceptors (Lipinski definition) is 4. The number of nitrogens with zero attached hydrogens (tertiary/aromatic N) is 1. The molecule has 2 amide bonds. The van der Waals surface area contributed by atoms with E-state index >= 15 is 0 Å². The molecule has 1 aromatic carbocycles. The number of likely N-dealkylation sites (tertiary alicyclic amines) is 1. The fourth-order valence-electron chi connectivity index (χ4n) is 2.08. The van der Waals surface area contributed by atoms with Gasteiger partial charge in [0, 0.05) is 18.1 Å². The van der Waals surface area contributed by atoms with Gasteiger partial charge in [-0.15, -0.1) is 0 Å². The molecule has 22 heavy (non-hydrogen) atoms. The van der Waals surface area contributed by atoms with Crippen molar-refractivity contribution in [3.05, 3.63) is 29.3 Å². The minimum absolute atomic E-state index is 0.121. The number of carbonyl (C=O) groups is 2. The molecule has 0 saturated carbocycles. The highest BCUT2D eigenvalue weighted by Gasteiger charge is 2.19. The molecule has 2 rings (SSSR count). The molecule has 0 radical (unpaired) electrons. The van der Waals surface area contributed by atoms with Crippen LogP contribution in [0, 0.1) is 0 Å². The summed E-state index contributed by atoms with van der Waals surface area (Å²) < 4.78 is 5.44. The molecule has 1 aromatic rings. The predicted molar refractivity (Wildman–Crippen MR) is 81.5 cm³/mol. The van der Waals surface area contributed by atoms with Crippen molar-refractivity contribution in [2.24, 2.45) is 0 Å². The van der Waals surface area contributed by atoms with E-state index in [9.17, 15) is 9.59 Å². The Morgan fingerprint density at radius 2 is 1.91 bits per heavy atom. The van der Waals surface area contributed by atoms with Gasteiger partial charge in [-0.2, -0.15) is 0 Å². The van der Waals surface area contributed by atoms with Crippen molar-refractivity contribution >= 4 is 23.4 Å². The van der Waals surface area contributed by atoms with Gasteiger partial charge in [0.05, 0.1) is 0 Å². The van der Waals surface area contributed by atoms with Crippen molar-refractivity contribution in [3.63, 3.8) is 0 Å². The van der Waals surface area contributed by atoms with Crippen molar-refractivity contribution in [1.82, 2.24) is 10.4 Å². The third-order valence-corrected chi connectivity index (χ3v) is 3.57. The highest BCUT2D eigenvalue weighted by molar-refractivity contribution is 6.30. The highest BCUT2D eigenvalue weighted by Crippen LogP contribution is 2.16. The first kappa shape index (κ1) is 16.6. The quantitative estimate of drug-likeness (QED) is 0.809. The lowest BCUT2D eigenvalue weighted by Crippen LogP contribution is -2.39. The normalized spacial score (nSPS) is 15.5. The van der Waals surface area contributed by atoms with E-state index in [4.69, 9.17) is 21.2 Å². The Morgan fingerprint density at radius 1 is 1.27 bits per heavy atom. The zero-order valence-corrected chi connectivity index (χ0v) is 13.1. The first-order valence-electron chi connectivity index (χ1n) is 7.18. The van der Waals surface area contributed by atoms with Crippen LogP contribution in [0.2, 0.25) is 5.02 Å². The molecule has 1 saturated heterocycles. The van der Waals surface area contributed by atoms with Crippen LogP contribution in [0.4, 0.5) is 0 Å². The fraction of sp³-hybridized carbons (Fsp3) is 0.467. The Kier molecular flexibility index (Phi) is 6.03. The van der Waals surface area contributed by atoms with E-state index in [1.165, 1.54) is 0 Å². The van der Waals surface area contributed by atoms with Crippen LogP contribution in [-0.2, 0) is 14.4 Å². The second kappa shape index (κ2) is 8.00. The summed E-state index contributed by atoms with van der Waals surface area (Å²) in [6, 6.07) is 6.69. The summed E-state index contributed by atoms with van der Waals surface area (Å²) in [4.78, 5) is 30.2. The zero-order valence-electron chi connectivity index (χ0n) is 12.4. The van der Waals surface area contributed by atoms with Crippen LogP contribution in [0.15, 0.2) is 24.3 Å². The van der Waals surface area contributed by atoms with E-state index in [-0.39, 0.29) is 12.5 Å². The van der Waals surface area contributed by atoms with Crippen LogP contribution in [0.3, 0.4) is 0 Å². The summed E-state index contributed by atoms with van der Waals surface area (Å²) in [6.07, 6.45) is 1.29. The van der Waals surface area contributed by atoms with Gasteiger partial charge in [-0.25, -0.2) is 5.48 Å². The average molecular weight is 327 g/mol. The molecule has 0 aliphatic carbocycles. The summed E-state index contributed by atoms with van der Waals surface area (Å²) >= 11 is 5.77. The number of hydroxylamine groups is 1. The maximum atomic E-state index is 11.8. The first-order valence-corrected chi connectivity index (χ1v) is 7.55. The van der Waals surface area contributed by atoms with Crippen LogP contribution < -0.4 is 10.2 Å². The number of amides is 2. The lowest BCUT2D eigenvalue weighted by Gasteiger charge is -2.17. The van der Waals surface area contributed by atoms with Crippen molar-refractivity contribution in [2.45, 2.75) is 25.9 Å². The van der Waals surface area contributed by atoms with Gasteiger partial charge in [0.25, 0.3) is 11.8 Å². The lowest BCUT2D eigenvalue weighted by atomic mass is 10.3. The molecule has 1 aliphatic heterocycles. The minimum atomic E-state index is -0.747. The van der Waals surface area contributed by atoms with E-state index in [0.29, 0.717) is 10.8 Å². The summed E-state index contributed by atoms with van der Waals surface area (Å²) in [5.41, 5.74) is 2.23. The molecule has 120 valence electrons. The molecular weight excluding hydrogens is 308 g/mol. The summed E-state index contributed by atoms with van der Waals surface area (Å²) in [5, 5.41) is 0.591. The van der Waals surface area contributed by atoms with Crippen LogP contribution in [0.25, 0.3) is 0 Å². The Morgan fingerprint density at radius 3 is 2.55 bits per heavy atom. The van der Waals surface area contributed by atoms with Gasteiger partial charge >= 0.3 is 0 Å².